The van der Waals surface area contributed by atoms with Gasteiger partial charge in [-0.1, -0.05) is 27.9 Å². The predicted octanol–water partition coefficient (Wildman–Crippen LogP) is 2.60. The Labute approximate surface area is 130 Å². The summed E-state index contributed by atoms with van der Waals surface area (Å²) in [7, 11) is 0. The van der Waals surface area contributed by atoms with E-state index in [9.17, 15) is 9.18 Å². The van der Waals surface area contributed by atoms with Gasteiger partial charge in [-0.15, -0.1) is 0 Å². The number of aromatic nitrogens is 2. The summed E-state index contributed by atoms with van der Waals surface area (Å²) in [5.41, 5.74) is 1.41. The lowest BCUT2D eigenvalue weighted by molar-refractivity contribution is 0.0481. The maximum absolute atomic E-state index is 14.1. The van der Waals surface area contributed by atoms with Crippen molar-refractivity contribution in [3.05, 3.63) is 40.0 Å². The van der Waals surface area contributed by atoms with E-state index in [0.29, 0.717) is 18.5 Å². The van der Waals surface area contributed by atoms with Crippen LogP contribution in [-0.2, 0) is 17.7 Å². The molecule has 0 spiro atoms. The zero-order chi connectivity index (χ0) is 15.7. The van der Waals surface area contributed by atoms with Crippen LogP contribution in [0.1, 0.15) is 28.7 Å². The molecule has 1 aromatic carbocycles. The minimum Gasteiger partial charge on any atom is -0.459 e. The molecule has 0 amide bonds. The van der Waals surface area contributed by atoms with Gasteiger partial charge in [-0.25, -0.2) is 9.18 Å². The normalized spacial score (nSPS) is 13.9. The van der Waals surface area contributed by atoms with Crippen LogP contribution in [0.2, 0.25) is 5.02 Å². The van der Waals surface area contributed by atoms with Crippen molar-refractivity contribution in [2.45, 2.75) is 19.9 Å². The van der Waals surface area contributed by atoms with Gasteiger partial charge >= 0.3 is 17.9 Å². The summed E-state index contributed by atoms with van der Waals surface area (Å²) in [6.45, 7) is 2.74. The summed E-state index contributed by atoms with van der Waals surface area (Å²) >= 11 is 5.81. The van der Waals surface area contributed by atoms with E-state index in [1.807, 2.05) is 6.07 Å². The fourth-order valence-electron chi connectivity index (χ4n) is 2.34. The van der Waals surface area contributed by atoms with Gasteiger partial charge in [0.15, 0.2) is 0 Å². The molecule has 0 fully saturated rings. The second-order valence-electron chi connectivity index (χ2n) is 4.78. The molecular weight excluding hydrogens is 313 g/mol. The second-order valence-corrected chi connectivity index (χ2v) is 5.19. The van der Waals surface area contributed by atoms with Crippen molar-refractivity contribution in [2.75, 3.05) is 18.1 Å². The molecule has 1 aromatic heterocycles. The lowest BCUT2D eigenvalue weighted by Crippen LogP contribution is -2.31. The van der Waals surface area contributed by atoms with E-state index in [1.165, 1.54) is 0 Å². The molecule has 6 nitrogen and oxygen atoms in total. The SMILES string of the molecule is CCOC(=O)c1nnc(N2CCc3ccc(Cl)c(F)c3C2)o1. The minimum absolute atomic E-state index is 0.0818. The first-order chi connectivity index (χ1) is 10.6. The van der Waals surface area contributed by atoms with Crippen LogP contribution in [0.25, 0.3) is 0 Å². The summed E-state index contributed by atoms with van der Waals surface area (Å²) in [5.74, 6) is -1.32. The molecule has 1 aliphatic heterocycles. The topological polar surface area (TPSA) is 68.5 Å². The minimum atomic E-state index is -0.673. The Morgan fingerprint density at radius 1 is 1.50 bits per heavy atom. The van der Waals surface area contributed by atoms with E-state index < -0.39 is 11.8 Å². The number of hydrogen-bond donors (Lipinski definition) is 0. The van der Waals surface area contributed by atoms with E-state index in [2.05, 4.69) is 10.2 Å². The van der Waals surface area contributed by atoms with E-state index in [-0.39, 0.29) is 30.1 Å². The van der Waals surface area contributed by atoms with E-state index in [4.69, 9.17) is 20.8 Å². The number of halogens is 2. The number of hydrogen-bond acceptors (Lipinski definition) is 6. The first-order valence-corrected chi connectivity index (χ1v) is 7.19. The van der Waals surface area contributed by atoms with Crippen LogP contribution in [0.15, 0.2) is 16.5 Å². The molecule has 0 bridgehead atoms. The Kier molecular flexibility index (Phi) is 3.98. The van der Waals surface area contributed by atoms with E-state index in [0.717, 1.165) is 5.56 Å². The van der Waals surface area contributed by atoms with Crippen molar-refractivity contribution >= 4 is 23.6 Å². The predicted molar refractivity (Wildman–Crippen MR) is 76.4 cm³/mol. The van der Waals surface area contributed by atoms with Gasteiger partial charge in [-0.3, -0.25) is 0 Å². The van der Waals surface area contributed by atoms with Gasteiger partial charge in [0.05, 0.1) is 18.2 Å². The van der Waals surface area contributed by atoms with Crippen LogP contribution in [0.4, 0.5) is 10.4 Å². The standard InChI is InChI=1S/C14H13ClFN3O3/c1-2-21-13(20)12-17-18-14(22-12)19-6-5-8-3-4-10(15)11(16)9(8)7-19/h3-4H,2,5-7H2,1H3. The maximum Gasteiger partial charge on any atom is 0.396 e. The molecule has 2 heterocycles. The molecule has 0 radical (unpaired) electrons. The van der Waals surface area contributed by atoms with Gasteiger partial charge in [0.2, 0.25) is 0 Å². The quantitative estimate of drug-likeness (QED) is 0.808. The summed E-state index contributed by atoms with van der Waals surface area (Å²) in [5, 5.41) is 7.56. The summed E-state index contributed by atoms with van der Waals surface area (Å²) in [6, 6.07) is 3.53. The smallest absolute Gasteiger partial charge is 0.396 e. The van der Waals surface area contributed by atoms with Gasteiger partial charge < -0.3 is 14.1 Å². The van der Waals surface area contributed by atoms with E-state index in [1.54, 1.807) is 17.9 Å². The van der Waals surface area contributed by atoms with Gasteiger partial charge in [0, 0.05) is 12.1 Å². The van der Waals surface area contributed by atoms with Crippen molar-refractivity contribution in [2.24, 2.45) is 0 Å². The van der Waals surface area contributed by atoms with Crippen molar-refractivity contribution in [3.8, 4) is 0 Å². The largest absolute Gasteiger partial charge is 0.459 e. The van der Waals surface area contributed by atoms with E-state index >= 15 is 0 Å². The highest BCUT2D eigenvalue weighted by Gasteiger charge is 2.26. The number of benzene rings is 1. The van der Waals surface area contributed by atoms with Gasteiger partial charge in [-0.2, -0.15) is 0 Å². The molecule has 22 heavy (non-hydrogen) atoms. The van der Waals surface area contributed by atoms with Crippen LogP contribution in [-0.4, -0.2) is 29.3 Å². The number of carbonyl (C=O) groups excluding carboxylic acids is 1. The summed E-state index contributed by atoms with van der Waals surface area (Å²) in [6.07, 6.45) is 0.626. The number of nitrogens with zero attached hydrogens (tertiary/aromatic N) is 3. The number of esters is 1. The first-order valence-electron chi connectivity index (χ1n) is 6.81. The summed E-state index contributed by atoms with van der Waals surface area (Å²) < 4.78 is 24.2. The average molecular weight is 326 g/mol. The average Bonchev–Trinajstić information content (AvgIpc) is 3.01. The highest BCUT2D eigenvalue weighted by molar-refractivity contribution is 6.30. The van der Waals surface area contributed by atoms with Crippen molar-refractivity contribution in [3.63, 3.8) is 0 Å². The number of rotatable bonds is 3. The molecule has 1 aliphatic rings. The van der Waals surface area contributed by atoms with Crippen LogP contribution < -0.4 is 4.90 Å². The number of fused-ring (bicyclic) bond motifs is 1. The van der Waals surface area contributed by atoms with Crippen LogP contribution in [0, 0.1) is 5.82 Å². The van der Waals surface area contributed by atoms with Gasteiger partial charge in [0.1, 0.15) is 5.82 Å². The molecule has 2 aromatic rings. The fraction of sp³-hybridized carbons (Fsp3) is 0.357. The molecule has 0 saturated heterocycles. The molecular formula is C14H13ClFN3O3. The highest BCUT2D eigenvalue weighted by Crippen LogP contribution is 2.29. The van der Waals surface area contributed by atoms with Gasteiger partial charge in [-0.05, 0) is 25.0 Å². The molecule has 8 heteroatoms. The molecule has 3 rings (SSSR count). The zero-order valence-electron chi connectivity index (χ0n) is 11.8. The van der Waals surface area contributed by atoms with Crippen molar-refractivity contribution in [1.82, 2.24) is 10.2 Å². The molecule has 0 unspecified atom stereocenters. The molecule has 0 N–H and O–H groups in total. The molecule has 0 saturated carbocycles. The number of carbonyl (C=O) groups is 1. The molecule has 0 atom stereocenters. The van der Waals surface area contributed by atoms with Crippen LogP contribution in [0.5, 0.6) is 0 Å². The van der Waals surface area contributed by atoms with Crippen LogP contribution >= 0.6 is 11.6 Å². The Bertz CT molecular complexity index is 719. The van der Waals surface area contributed by atoms with Crippen molar-refractivity contribution in [1.29, 1.82) is 0 Å². The highest BCUT2D eigenvalue weighted by atomic mass is 35.5. The number of anilines is 1. The number of ether oxygens (including phenoxy) is 1. The third-order valence-corrected chi connectivity index (χ3v) is 3.72. The Morgan fingerprint density at radius 2 is 2.32 bits per heavy atom. The van der Waals surface area contributed by atoms with Crippen molar-refractivity contribution < 1.29 is 18.3 Å². The van der Waals surface area contributed by atoms with Crippen LogP contribution in [0.3, 0.4) is 0 Å². The lowest BCUT2D eigenvalue weighted by atomic mass is 9.99. The molecule has 0 aliphatic carbocycles. The monoisotopic (exact) mass is 325 g/mol. The Balaban J connectivity index is 1.83. The lowest BCUT2D eigenvalue weighted by Gasteiger charge is -2.27. The first kappa shape index (κ1) is 14.8. The maximum atomic E-state index is 14.1. The molecule has 116 valence electrons. The zero-order valence-corrected chi connectivity index (χ0v) is 12.6. The third-order valence-electron chi connectivity index (χ3n) is 3.43. The second kappa shape index (κ2) is 5.92. The Morgan fingerprint density at radius 3 is 3.09 bits per heavy atom. The fourth-order valence-corrected chi connectivity index (χ4v) is 2.52. The van der Waals surface area contributed by atoms with Gasteiger partial charge in [0.25, 0.3) is 0 Å². The Hall–Kier alpha value is -2.15. The summed E-state index contributed by atoms with van der Waals surface area (Å²) in [4.78, 5) is 13.2. The third kappa shape index (κ3) is 2.64.